The number of ether oxygens (including phenoxy) is 1. The zero-order valence-electron chi connectivity index (χ0n) is 19.2. The summed E-state index contributed by atoms with van der Waals surface area (Å²) in [5, 5.41) is 0. The third-order valence-electron chi connectivity index (χ3n) is 5.67. The number of halogens is 2. The second-order valence-electron chi connectivity index (χ2n) is 8.00. The molecule has 0 unspecified atom stereocenters. The summed E-state index contributed by atoms with van der Waals surface area (Å²) >= 11 is 1.05. The average Bonchev–Trinajstić information content (AvgIpc) is 2.84. The van der Waals surface area contributed by atoms with E-state index >= 15 is 0 Å². The molecule has 0 aliphatic carbocycles. The maximum absolute atomic E-state index is 14.0. The van der Waals surface area contributed by atoms with Crippen molar-refractivity contribution < 1.29 is 13.5 Å². The summed E-state index contributed by atoms with van der Waals surface area (Å²) in [4.78, 5) is 15.7. The molecule has 176 valence electrons. The first-order valence-corrected chi connectivity index (χ1v) is 11.7. The summed E-state index contributed by atoms with van der Waals surface area (Å²) in [6.45, 7) is 5.24. The molecule has 0 amide bonds. The van der Waals surface area contributed by atoms with Gasteiger partial charge in [0.15, 0.2) is 0 Å². The quantitative estimate of drug-likeness (QED) is 0.411. The van der Waals surface area contributed by atoms with Gasteiger partial charge in [0, 0.05) is 44.1 Å². The van der Waals surface area contributed by atoms with Gasteiger partial charge >= 0.3 is 0 Å². The zero-order chi connectivity index (χ0) is 24.1. The SMILES string of the molecule is Cc1ncc(C#Cc2c(C)ncnc2N(C)C2CCOCC2)cc1NSc1ccc(F)cc1F. The highest BCUT2D eigenvalue weighted by Crippen LogP contribution is 2.27. The van der Waals surface area contributed by atoms with Gasteiger partial charge in [-0.3, -0.25) is 4.98 Å². The van der Waals surface area contributed by atoms with Crippen LogP contribution in [-0.4, -0.2) is 41.3 Å². The Labute approximate surface area is 202 Å². The molecule has 0 atom stereocenters. The Morgan fingerprint density at radius 3 is 2.62 bits per heavy atom. The van der Waals surface area contributed by atoms with Crippen LogP contribution in [0.1, 0.15) is 35.4 Å². The standard InChI is InChI=1S/C25H25F2N5OS/c1-16-21(25(30-15-29-16)32(3)20-8-10-33-11-9-20)6-4-18-12-23(17(2)28-14-18)31-34-24-7-5-19(26)13-22(24)27/h5,7,12-15,20,31H,8-11H2,1-3H3. The summed E-state index contributed by atoms with van der Waals surface area (Å²) in [5.74, 6) is 5.96. The molecule has 0 radical (unpaired) electrons. The molecule has 1 N–H and O–H groups in total. The number of aromatic nitrogens is 3. The van der Waals surface area contributed by atoms with Crippen LogP contribution in [0, 0.1) is 37.3 Å². The summed E-state index contributed by atoms with van der Waals surface area (Å²) < 4.78 is 35.7. The number of anilines is 2. The van der Waals surface area contributed by atoms with Crippen LogP contribution in [0.5, 0.6) is 0 Å². The Hall–Kier alpha value is -3.22. The van der Waals surface area contributed by atoms with Gasteiger partial charge in [-0.25, -0.2) is 18.7 Å². The number of aryl methyl sites for hydroxylation is 2. The lowest BCUT2D eigenvalue weighted by atomic mass is 10.1. The maximum Gasteiger partial charge on any atom is 0.148 e. The molecule has 1 aliphatic heterocycles. The molecular weight excluding hydrogens is 456 g/mol. The Balaban J connectivity index is 1.56. The van der Waals surface area contributed by atoms with Gasteiger partial charge in [-0.05, 0) is 56.8 Å². The van der Waals surface area contributed by atoms with Gasteiger partial charge in [0.1, 0.15) is 23.8 Å². The van der Waals surface area contributed by atoms with Gasteiger partial charge in [-0.15, -0.1) is 0 Å². The van der Waals surface area contributed by atoms with Crippen molar-refractivity contribution in [1.29, 1.82) is 0 Å². The molecular formula is C25H25F2N5OS. The second-order valence-corrected chi connectivity index (χ2v) is 8.85. The molecule has 1 aromatic carbocycles. The molecule has 34 heavy (non-hydrogen) atoms. The Morgan fingerprint density at radius 2 is 1.85 bits per heavy atom. The van der Waals surface area contributed by atoms with Gasteiger partial charge in [-0.2, -0.15) is 0 Å². The Kier molecular flexibility index (Phi) is 7.60. The summed E-state index contributed by atoms with van der Waals surface area (Å²) in [7, 11) is 2.03. The van der Waals surface area contributed by atoms with E-state index in [1.54, 1.807) is 12.5 Å². The first-order chi connectivity index (χ1) is 16.4. The van der Waals surface area contributed by atoms with E-state index in [2.05, 4.69) is 36.4 Å². The summed E-state index contributed by atoms with van der Waals surface area (Å²) in [5.41, 5.74) is 3.70. The Morgan fingerprint density at radius 1 is 1.06 bits per heavy atom. The van der Waals surface area contributed by atoms with E-state index in [1.165, 1.54) is 12.1 Å². The van der Waals surface area contributed by atoms with Crippen molar-refractivity contribution in [2.45, 2.75) is 37.6 Å². The minimum Gasteiger partial charge on any atom is -0.381 e. The van der Waals surface area contributed by atoms with Crippen LogP contribution in [0.25, 0.3) is 0 Å². The number of hydrogen-bond donors (Lipinski definition) is 1. The molecule has 3 heterocycles. The number of benzene rings is 1. The molecule has 4 rings (SSSR count). The minimum absolute atomic E-state index is 0.287. The van der Waals surface area contributed by atoms with Crippen molar-refractivity contribution in [1.82, 2.24) is 15.0 Å². The van der Waals surface area contributed by atoms with E-state index in [0.717, 1.165) is 66.8 Å². The lowest BCUT2D eigenvalue weighted by Crippen LogP contribution is -2.37. The van der Waals surface area contributed by atoms with E-state index in [4.69, 9.17) is 4.74 Å². The molecule has 9 heteroatoms. The van der Waals surface area contributed by atoms with Crippen molar-refractivity contribution in [3.05, 3.63) is 70.9 Å². The molecule has 0 spiro atoms. The van der Waals surface area contributed by atoms with Crippen LogP contribution in [0.2, 0.25) is 0 Å². The highest BCUT2D eigenvalue weighted by Gasteiger charge is 2.22. The first kappa shape index (κ1) is 23.9. The third kappa shape index (κ3) is 5.64. The van der Waals surface area contributed by atoms with E-state index < -0.39 is 11.6 Å². The van der Waals surface area contributed by atoms with E-state index in [-0.39, 0.29) is 4.90 Å². The first-order valence-electron chi connectivity index (χ1n) is 10.9. The highest BCUT2D eigenvalue weighted by atomic mass is 32.2. The summed E-state index contributed by atoms with van der Waals surface area (Å²) in [6, 6.07) is 5.66. The van der Waals surface area contributed by atoms with E-state index in [9.17, 15) is 8.78 Å². The fourth-order valence-corrected chi connectivity index (χ4v) is 4.35. The molecule has 0 saturated carbocycles. The third-order valence-corrected chi connectivity index (χ3v) is 6.55. The smallest absolute Gasteiger partial charge is 0.148 e. The minimum atomic E-state index is -0.625. The van der Waals surface area contributed by atoms with E-state index in [0.29, 0.717) is 17.3 Å². The molecule has 1 fully saturated rings. The number of hydrogen-bond acceptors (Lipinski definition) is 7. The molecule has 2 aromatic heterocycles. The molecule has 6 nitrogen and oxygen atoms in total. The van der Waals surface area contributed by atoms with E-state index in [1.807, 2.05) is 27.0 Å². The monoisotopic (exact) mass is 481 g/mol. The molecule has 1 aliphatic rings. The van der Waals surface area contributed by atoms with Crippen LogP contribution >= 0.6 is 11.9 Å². The molecule has 3 aromatic rings. The molecule has 0 bridgehead atoms. The van der Waals surface area contributed by atoms with Crippen LogP contribution in [-0.2, 0) is 4.74 Å². The predicted molar refractivity (Wildman–Crippen MR) is 130 cm³/mol. The predicted octanol–water partition coefficient (Wildman–Crippen LogP) is 4.90. The van der Waals surface area contributed by atoms with Gasteiger partial charge in [0.25, 0.3) is 0 Å². The number of nitrogens with zero attached hydrogens (tertiary/aromatic N) is 4. The topological polar surface area (TPSA) is 63.2 Å². The van der Waals surface area contributed by atoms with Gasteiger partial charge in [0.2, 0.25) is 0 Å². The lowest BCUT2D eigenvalue weighted by Gasteiger charge is -2.32. The van der Waals surface area contributed by atoms with Gasteiger partial charge in [-0.1, -0.05) is 11.8 Å². The number of pyridine rings is 1. The van der Waals surface area contributed by atoms with Crippen molar-refractivity contribution in [3.63, 3.8) is 0 Å². The van der Waals surface area contributed by atoms with Crippen molar-refractivity contribution in [2.75, 3.05) is 29.9 Å². The highest BCUT2D eigenvalue weighted by molar-refractivity contribution is 8.00. The van der Waals surface area contributed by atoms with Crippen molar-refractivity contribution >= 4 is 23.5 Å². The fourth-order valence-electron chi connectivity index (χ4n) is 3.63. The normalized spacial score (nSPS) is 13.8. The number of rotatable bonds is 5. The van der Waals surface area contributed by atoms with Crippen LogP contribution < -0.4 is 9.62 Å². The second kappa shape index (κ2) is 10.8. The Bertz CT molecular complexity index is 1240. The van der Waals surface area contributed by atoms with Crippen LogP contribution in [0.15, 0.2) is 41.7 Å². The van der Waals surface area contributed by atoms with Crippen molar-refractivity contribution in [3.8, 4) is 11.8 Å². The lowest BCUT2D eigenvalue weighted by molar-refractivity contribution is 0.0853. The van der Waals surface area contributed by atoms with Crippen molar-refractivity contribution in [2.24, 2.45) is 0 Å². The van der Waals surface area contributed by atoms with Gasteiger partial charge in [0.05, 0.1) is 27.5 Å². The summed E-state index contributed by atoms with van der Waals surface area (Å²) in [6.07, 6.45) is 5.13. The largest absolute Gasteiger partial charge is 0.381 e. The molecule has 1 saturated heterocycles. The van der Waals surface area contributed by atoms with Crippen LogP contribution in [0.4, 0.5) is 20.3 Å². The zero-order valence-corrected chi connectivity index (χ0v) is 20.0. The van der Waals surface area contributed by atoms with Gasteiger partial charge < -0.3 is 14.4 Å². The average molecular weight is 482 g/mol. The number of nitrogens with one attached hydrogen (secondary N) is 1. The maximum atomic E-state index is 14.0. The van der Waals surface area contributed by atoms with Crippen LogP contribution in [0.3, 0.4) is 0 Å². The fraction of sp³-hybridized carbons (Fsp3) is 0.320.